The molecule has 0 aromatic carbocycles. The first-order valence-electron chi connectivity index (χ1n) is 3.90. The number of aliphatic hydroxyl groups excluding tert-OH is 1. The fourth-order valence-corrected chi connectivity index (χ4v) is 0.866. The molecule has 0 fully saturated rings. The zero-order valence-corrected chi connectivity index (χ0v) is 7.78. The van der Waals surface area contributed by atoms with Gasteiger partial charge in [-0.1, -0.05) is 0 Å². The number of nitrogens with zero attached hydrogens (tertiary/aromatic N) is 1. The Balaban J connectivity index is 4.01. The molecule has 0 saturated carbocycles. The lowest BCUT2D eigenvalue weighted by molar-refractivity contribution is -0.131. The number of amides is 3. The molecule has 3 amide bonds. The lowest BCUT2D eigenvalue weighted by Crippen LogP contribution is -2.47. The van der Waals surface area contributed by atoms with E-state index in [1.807, 2.05) is 0 Å². The van der Waals surface area contributed by atoms with E-state index in [4.69, 9.17) is 10.8 Å². The fraction of sp³-hybridized carbons (Fsp3) is 0.714. The Labute approximate surface area is 76.7 Å². The van der Waals surface area contributed by atoms with Gasteiger partial charge in [0.25, 0.3) is 0 Å². The summed E-state index contributed by atoms with van der Waals surface area (Å²) < 4.78 is 0. The standard InChI is InChI=1S/C7H15N3O3/c1-5(9-7(8)13)6(12)10(2)3-4-11/h5,11H,3-4H2,1-2H3,(H3,8,9,13). The van der Waals surface area contributed by atoms with Gasteiger partial charge in [0.15, 0.2) is 0 Å². The number of hydrogen-bond acceptors (Lipinski definition) is 3. The maximum Gasteiger partial charge on any atom is 0.312 e. The Morgan fingerprint density at radius 2 is 2.15 bits per heavy atom. The first kappa shape index (κ1) is 11.7. The molecular weight excluding hydrogens is 174 g/mol. The van der Waals surface area contributed by atoms with Crippen LogP contribution in [-0.2, 0) is 4.79 Å². The molecule has 0 spiro atoms. The van der Waals surface area contributed by atoms with E-state index in [2.05, 4.69) is 5.32 Å². The van der Waals surface area contributed by atoms with Crippen molar-refractivity contribution >= 4 is 11.9 Å². The molecule has 0 saturated heterocycles. The molecule has 0 rings (SSSR count). The van der Waals surface area contributed by atoms with Gasteiger partial charge in [0.2, 0.25) is 5.91 Å². The van der Waals surface area contributed by atoms with Gasteiger partial charge in [-0.15, -0.1) is 0 Å². The highest BCUT2D eigenvalue weighted by Crippen LogP contribution is 1.90. The maximum absolute atomic E-state index is 11.3. The summed E-state index contributed by atoms with van der Waals surface area (Å²) in [7, 11) is 1.54. The molecular formula is C7H15N3O3. The van der Waals surface area contributed by atoms with Crippen LogP contribution in [0.4, 0.5) is 4.79 Å². The Morgan fingerprint density at radius 3 is 2.54 bits per heavy atom. The number of nitrogens with two attached hydrogens (primary N) is 1. The van der Waals surface area contributed by atoms with Gasteiger partial charge in [0, 0.05) is 13.6 Å². The summed E-state index contributed by atoms with van der Waals surface area (Å²) in [5.74, 6) is -0.284. The predicted octanol–water partition coefficient (Wildman–Crippen LogP) is -1.51. The molecule has 0 aliphatic heterocycles. The second-order valence-corrected chi connectivity index (χ2v) is 2.71. The minimum atomic E-state index is -0.738. The summed E-state index contributed by atoms with van der Waals surface area (Å²) in [6.07, 6.45) is 0. The van der Waals surface area contributed by atoms with Gasteiger partial charge in [-0.3, -0.25) is 4.79 Å². The predicted molar refractivity (Wildman–Crippen MR) is 46.9 cm³/mol. The number of primary amides is 1. The zero-order chi connectivity index (χ0) is 10.4. The average Bonchev–Trinajstić information content (AvgIpc) is 2.02. The number of hydrogen-bond donors (Lipinski definition) is 3. The summed E-state index contributed by atoms with van der Waals surface area (Å²) in [5.41, 5.74) is 4.84. The van der Waals surface area contributed by atoms with Crippen molar-refractivity contribution in [2.24, 2.45) is 5.73 Å². The van der Waals surface area contributed by atoms with E-state index in [0.717, 1.165) is 0 Å². The maximum atomic E-state index is 11.3. The summed E-state index contributed by atoms with van der Waals surface area (Å²) in [4.78, 5) is 23.0. The van der Waals surface area contributed by atoms with Crippen molar-refractivity contribution in [3.63, 3.8) is 0 Å². The summed E-state index contributed by atoms with van der Waals surface area (Å²) in [5, 5.41) is 10.8. The van der Waals surface area contributed by atoms with Crippen LogP contribution < -0.4 is 11.1 Å². The van der Waals surface area contributed by atoms with E-state index in [1.165, 1.54) is 18.9 Å². The summed E-state index contributed by atoms with van der Waals surface area (Å²) in [6.45, 7) is 1.66. The molecule has 76 valence electrons. The minimum Gasteiger partial charge on any atom is -0.395 e. The van der Waals surface area contributed by atoms with E-state index in [1.54, 1.807) is 0 Å². The van der Waals surface area contributed by atoms with Crippen LogP contribution in [0.2, 0.25) is 0 Å². The lowest BCUT2D eigenvalue weighted by atomic mass is 10.3. The van der Waals surface area contributed by atoms with Crippen LogP contribution in [0.15, 0.2) is 0 Å². The monoisotopic (exact) mass is 189 g/mol. The number of rotatable bonds is 4. The number of carbonyl (C=O) groups excluding carboxylic acids is 2. The first-order chi connectivity index (χ1) is 5.99. The molecule has 6 nitrogen and oxygen atoms in total. The minimum absolute atomic E-state index is 0.106. The molecule has 13 heavy (non-hydrogen) atoms. The summed E-state index contributed by atoms with van der Waals surface area (Å²) in [6, 6.07) is -1.40. The van der Waals surface area contributed by atoms with Crippen LogP contribution in [0.5, 0.6) is 0 Å². The van der Waals surface area contributed by atoms with Crippen LogP contribution in [0.1, 0.15) is 6.92 Å². The first-order valence-corrected chi connectivity index (χ1v) is 3.90. The Morgan fingerprint density at radius 1 is 1.62 bits per heavy atom. The van der Waals surface area contributed by atoms with Gasteiger partial charge in [-0.05, 0) is 6.92 Å². The molecule has 0 aliphatic rings. The van der Waals surface area contributed by atoms with Gasteiger partial charge in [-0.2, -0.15) is 0 Å². The van der Waals surface area contributed by atoms with Crippen LogP contribution >= 0.6 is 0 Å². The Hall–Kier alpha value is -1.30. The van der Waals surface area contributed by atoms with Crippen molar-refractivity contribution in [3.05, 3.63) is 0 Å². The smallest absolute Gasteiger partial charge is 0.312 e. The quantitative estimate of drug-likeness (QED) is 0.502. The molecule has 0 aliphatic carbocycles. The molecule has 0 heterocycles. The van der Waals surface area contributed by atoms with Gasteiger partial charge >= 0.3 is 6.03 Å². The molecule has 1 unspecified atom stereocenters. The molecule has 0 aromatic rings. The summed E-state index contributed by atoms with van der Waals surface area (Å²) >= 11 is 0. The van der Waals surface area contributed by atoms with Crippen LogP contribution in [0, 0.1) is 0 Å². The van der Waals surface area contributed by atoms with Crippen molar-refractivity contribution in [3.8, 4) is 0 Å². The number of likely N-dealkylation sites (N-methyl/N-ethyl adjacent to an activating group) is 1. The topological polar surface area (TPSA) is 95.7 Å². The molecule has 1 atom stereocenters. The lowest BCUT2D eigenvalue weighted by Gasteiger charge is -2.20. The van der Waals surface area contributed by atoms with Crippen LogP contribution in [0.3, 0.4) is 0 Å². The van der Waals surface area contributed by atoms with Gasteiger partial charge in [-0.25, -0.2) is 4.79 Å². The highest BCUT2D eigenvalue weighted by atomic mass is 16.3. The van der Waals surface area contributed by atoms with Crippen molar-refractivity contribution in [2.45, 2.75) is 13.0 Å². The van der Waals surface area contributed by atoms with Crippen molar-refractivity contribution in [1.29, 1.82) is 0 Å². The number of carbonyl (C=O) groups is 2. The molecule has 4 N–H and O–H groups in total. The van der Waals surface area contributed by atoms with Crippen molar-refractivity contribution in [2.75, 3.05) is 20.2 Å². The number of urea groups is 1. The van der Waals surface area contributed by atoms with E-state index in [-0.39, 0.29) is 19.1 Å². The SMILES string of the molecule is CC(NC(N)=O)C(=O)N(C)CCO. The highest BCUT2D eigenvalue weighted by molar-refractivity contribution is 5.85. The van der Waals surface area contributed by atoms with Gasteiger partial charge in [0.05, 0.1) is 6.61 Å². The Bertz CT molecular complexity index is 195. The molecule has 0 radical (unpaired) electrons. The normalized spacial score (nSPS) is 11.9. The number of aliphatic hydroxyl groups is 1. The third-order valence-electron chi connectivity index (χ3n) is 1.54. The van der Waals surface area contributed by atoms with E-state index >= 15 is 0 Å². The number of nitrogens with one attached hydrogen (secondary N) is 1. The van der Waals surface area contributed by atoms with E-state index in [0.29, 0.717) is 0 Å². The fourth-order valence-electron chi connectivity index (χ4n) is 0.866. The average molecular weight is 189 g/mol. The highest BCUT2D eigenvalue weighted by Gasteiger charge is 2.17. The largest absolute Gasteiger partial charge is 0.395 e. The molecule has 0 bridgehead atoms. The second-order valence-electron chi connectivity index (χ2n) is 2.71. The van der Waals surface area contributed by atoms with E-state index in [9.17, 15) is 9.59 Å². The third kappa shape index (κ3) is 4.32. The van der Waals surface area contributed by atoms with Crippen molar-refractivity contribution in [1.82, 2.24) is 10.2 Å². The van der Waals surface area contributed by atoms with Crippen molar-refractivity contribution < 1.29 is 14.7 Å². The molecule has 6 heteroatoms. The van der Waals surface area contributed by atoms with Crippen LogP contribution in [0.25, 0.3) is 0 Å². The van der Waals surface area contributed by atoms with Gasteiger partial charge < -0.3 is 21.1 Å². The second kappa shape index (κ2) is 5.36. The Kier molecular flexibility index (Phi) is 4.83. The van der Waals surface area contributed by atoms with E-state index < -0.39 is 12.1 Å². The third-order valence-corrected chi connectivity index (χ3v) is 1.54. The van der Waals surface area contributed by atoms with Crippen LogP contribution in [-0.4, -0.2) is 48.2 Å². The molecule has 0 aromatic heterocycles. The zero-order valence-electron chi connectivity index (χ0n) is 7.78. The van der Waals surface area contributed by atoms with Gasteiger partial charge in [0.1, 0.15) is 6.04 Å².